The lowest BCUT2D eigenvalue weighted by atomic mass is 9.78. The molecule has 0 aromatic heterocycles. The summed E-state index contributed by atoms with van der Waals surface area (Å²) in [6, 6.07) is 0.0128. The molecule has 1 saturated carbocycles. The van der Waals surface area contributed by atoms with E-state index in [-0.39, 0.29) is 30.0 Å². The van der Waals surface area contributed by atoms with Gasteiger partial charge in [-0.05, 0) is 19.8 Å². The van der Waals surface area contributed by atoms with Crippen LogP contribution in [0.5, 0.6) is 0 Å². The van der Waals surface area contributed by atoms with Gasteiger partial charge < -0.3 is 4.74 Å². The Morgan fingerprint density at radius 1 is 1.25 bits per heavy atom. The molecule has 1 heterocycles. The minimum atomic E-state index is -0.597. The minimum absolute atomic E-state index is 0.00362. The third-order valence-corrected chi connectivity index (χ3v) is 4.06. The molecule has 5 nitrogen and oxygen atoms in total. The maximum absolute atomic E-state index is 12.0. The van der Waals surface area contributed by atoms with Gasteiger partial charge in [0.1, 0.15) is 0 Å². The lowest BCUT2D eigenvalue weighted by Crippen LogP contribution is -2.64. The number of amides is 2. The number of hydrogen-bond acceptors (Lipinski definition) is 4. The van der Waals surface area contributed by atoms with Crippen LogP contribution in [0.2, 0.25) is 0 Å². The first-order valence-electron chi connectivity index (χ1n) is 7.21. The van der Waals surface area contributed by atoms with Gasteiger partial charge in [-0.3, -0.25) is 14.5 Å². The molecule has 110 valence electrons. The molecule has 0 aromatic rings. The van der Waals surface area contributed by atoms with Crippen molar-refractivity contribution in [1.29, 1.82) is 0 Å². The van der Waals surface area contributed by atoms with Crippen molar-refractivity contribution >= 4 is 17.8 Å². The largest absolute Gasteiger partial charge is 0.452 e. The smallest absolute Gasteiger partial charge is 0.333 e. The van der Waals surface area contributed by atoms with E-state index in [9.17, 15) is 14.4 Å². The number of ether oxygens (including phenoxy) is 1. The fourth-order valence-electron chi connectivity index (χ4n) is 2.95. The summed E-state index contributed by atoms with van der Waals surface area (Å²) >= 11 is 0. The third kappa shape index (κ3) is 2.92. The first kappa shape index (κ1) is 14.8. The van der Waals surface area contributed by atoms with E-state index in [0.717, 1.165) is 32.1 Å². The highest BCUT2D eigenvalue weighted by atomic mass is 16.5. The standard InChI is InChI=1S/C15H21NO4/c1-10(2)15(19)20-9-13(17)16-12-8-6-4-3-5-7-11(12)14(16)18/h11-12H,1,3-9H2,2H3. The average Bonchev–Trinajstić information content (AvgIpc) is 2.38. The van der Waals surface area contributed by atoms with Crippen molar-refractivity contribution < 1.29 is 19.1 Å². The number of rotatable bonds is 3. The van der Waals surface area contributed by atoms with Crippen molar-refractivity contribution in [3.8, 4) is 0 Å². The number of carbonyl (C=O) groups is 3. The van der Waals surface area contributed by atoms with E-state index < -0.39 is 11.9 Å². The van der Waals surface area contributed by atoms with Crippen LogP contribution >= 0.6 is 0 Å². The molecular formula is C15H21NO4. The van der Waals surface area contributed by atoms with Crippen LogP contribution in [-0.4, -0.2) is 35.3 Å². The summed E-state index contributed by atoms with van der Waals surface area (Å²) < 4.78 is 4.82. The maximum Gasteiger partial charge on any atom is 0.333 e. The Morgan fingerprint density at radius 2 is 1.90 bits per heavy atom. The number of carbonyl (C=O) groups excluding carboxylic acids is 3. The molecule has 0 N–H and O–H groups in total. The second-order valence-electron chi connectivity index (χ2n) is 5.62. The van der Waals surface area contributed by atoms with Gasteiger partial charge in [-0.25, -0.2) is 4.79 Å². The van der Waals surface area contributed by atoms with E-state index in [1.807, 2.05) is 0 Å². The number of likely N-dealkylation sites (tertiary alicyclic amines) is 1. The molecule has 1 aliphatic heterocycles. The van der Waals surface area contributed by atoms with E-state index in [1.165, 1.54) is 18.2 Å². The summed E-state index contributed by atoms with van der Waals surface area (Å²) in [5.74, 6) is -1.11. The summed E-state index contributed by atoms with van der Waals surface area (Å²) in [5, 5.41) is 0. The fraction of sp³-hybridized carbons (Fsp3) is 0.667. The lowest BCUT2D eigenvalue weighted by molar-refractivity contribution is -0.171. The molecule has 2 fully saturated rings. The van der Waals surface area contributed by atoms with Crippen molar-refractivity contribution in [3.05, 3.63) is 12.2 Å². The van der Waals surface area contributed by atoms with Crippen molar-refractivity contribution in [1.82, 2.24) is 4.90 Å². The van der Waals surface area contributed by atoms with Gasteiger partial charge in [0.2, 0.25) is 5.91 Å². The van der Waals surface area contributed by atoms with Gasteiger partial charge in [-0.1, -0.05) is 32.3 Å². The summed E-state index contributed by atoms with van der Waals surface area (Å²) in [5.41, 5.74) is 0.247. The third-order valence-electron chi connectivity index (χ3n) is 4.06. The van der Waals surface area contributed by atoms with Gasteiger partial charge >= 0.3 is 5.97 Å². The van der Waals surface area contributed by atoms with Gasteiger partial charge in [-0.2, -0.15) is 0 Å². The number of β-lactam (4-membered cyclic amide) rings is 1. The van der Waals surface area contributed by atoms with Crippen LogP contribution in [0, 0.1) is 5.92 Å². The Bertz CT molecular complexity index is 443. The Morgan fingerprint density at radius 3 is 2.55 bits per heavy atom. The zero-order chi connectivity index (χ0) is 14.7. The van der Waals surface area contributed by atoms with Gasteiger partial charge in [0.15, 0.2) is 6.61 Å². The van der Waals surface area contributed by atoms with Gasteiger partial charge in [0, 0.05) is 5.57 Å². The van der Waals surface area contributed by atoms with Gasteiger partial charge in [0.05, 0.1) is 12.0 Å². The van der Waals surface area contributed by atoms with Crippen molar-refractivity contribution in [2.75, 3.05) is 6.61 Å². The molecule has 1 saturated heterocycles. The molecule has 2 aliphatic rings. The zero-order valence-electron chi connectivity index (χ0n) is 11.9. The Kier molecular flexibility index (Phi) is 4.57. The van der Waals surface area contributed by atoms with Crippen molar-refractivity contribution in [3.63, 3.8) is 0 Å². The molecule has 2 atom stereocenters. The summed E-state index contributed by atoms with van der Waals surface area (Å²) in [6.45, 7) is 4.59. The van der Waals surface area contributed by atoms with E-state index in [2.05, 4.69) is 6.58 Å². The highest BCUT2D eigenvalue weighted by Crippen LogP contribution is 2.36. The van der Waals surface area contributed by atoms with Crippen LogP contribution < -0.4 is 0 Å². The van der Waals surface area contributed by atoms with E-state index in [0.29, 0.717) is 0 Å². The van der Waals surface area contributed by atoms with Gasteiger partial charge in [-0.15, -0.1) is 0 Å². The van der Waals surface area contributed by atoms with E-state index in [1.54, 1.807) is 0 Å². The monoisotopic (exact) mass is 279 g/mol. The normalized spacial score (nSPS) is 25.9. The van der Waals surface area contributed by atoms with Crippen LogP contribution in [0.15, 0.2) is 12.2 Å². The Balaban J connectivity index is 1.91. The highest BCUT2D eigenvalue weighted by molar-refractivity contribution is 6.03. The molecule has 2 amide bonds. The summed E-state index contributed by atoms with van der Waals surface area (Å²) in [7, 11) is 0. The lowest BCUT2D eigenvalue weighted by Gasteiger charge is -2.46. The first-order chi connectivity index (χ1) is 9.52. The van der Waals surface area contributed by atoms with Crippen LogP contribution in [0.1, 0.15) is 45.4 Å². The fourth-order valence-corrected chi connectivity index (χ4v) is 2.95. The molecular weight excluding hydrogens is 258 g/mol. The first-order valence-corrected chi connectivity index (χ1v) is 7.21. The molecule has 0 aromatic carbocycles. The topological polar surface area (TPSA) is 63.7 Å². The molecule has 2 rings (SSSR count). The molecule has 20 heavy (non-hydrogen) atoms. The number of hydrogen-bond donors (Lipinski definition) is 0. The quantitative estimate of drug-likeness (QED) is 0.449. The predicted molar refractivity (Wildman–Crippen MR) is 72.6 cm³/mol. The minimum Gasteiger partial charge on any atom is -0.452 e. The van der Waals surface area contributed by atoms with Crippen LogP contribution in [-0.2, 0) is 19.1 Å². The summed E-state index contributed by atoms with van der Waals surface area (Å²) in [6.07, 6.45) is 6.17. The summed E-state index contributed by atoms with van der Waals surface area (Å²) in [4.78, 5) is 36.6. The Labute approximate surface area is 119 Å². The highest BCUT2D eigenvalue weighted by Gasteiger charge is 2.49. The van der Waals surface area contributed by atoms with Crippen molar-refractivity contribution in [2.45, 2.75) is 51.5 Å². The molecule has 0 radical (unpaired) electrons. The van der Waals surface area contributed by atoms with Crippen molar-refractivity contribution in [2.24, 2.45) is 5.92 Å². The molecule has 0 bridgehead atoms. The SMILES string of the molecule is C=C(C)C(=O)OCC(=O)N1C(=O)C2CCCCCCC21. The average molecular weight is 279 g/mol. The molecule has 5 heteroatoms. The van der Waals surface area contributed by atoms with E-state index in [4.69, 9.17) is 4.74 Å². The van der Waals surface area contributed by atoms with Crippen LogP contribution in [0.3, 0.4) is 0 Å². The Hall–Kier alpha value is -1.65. The second-order valence-corrected chi connectivity index (χ2v) is 5.62. The van der Waals surface area contributed by atoms with Gasteiger partial charge in [0.25, 0.3) is 5.91 Å². The number of nitrogens with zero attached hydrogens (tertiary/aromatic N) is 1. The maximum atomic E-state index is 12.0. The molecule has 2 unspecified atom stereocenters. The zero-order valence-corrected chi connectivity index (χ0v) is 11.9. The molecule has 0 spiro atoms. The number of imide groups is 1. The molecule has 1 aliphatic carbocycles. The predicted octanol–water partition coefficient (Wildman–Crippen LogP) is 1.81. The number of esters is 1. The van der Waals surface area contributed by atoms with Crippen LogP contribution in [0.25, 0.3) is 0 Å². The second kappa shape index (κ2) is 6.20. The van der Waals surface area contributed by atoms with E-state index >= 15 is 0 Å². The number of fused-ring (bicyclic) bond motifs is 1. The van der Waals surface area contributed by atoms with Crippen LogP contribution in [0.4, 0.5) is 0 Å².